The Morgan fingerprint density at radius 1 is 1.16 bits per heavy atom. The summed E-state index contributed by atoms with van der Waals surface area (Å²) in [5, 5.41) is 13.1. The summed E-state index contributed by atoms with van der Waals surface area (Å²) >= 11 is 0.969. The lowest BCUT2D eigenvalue weighted by Crippen LogP contribution is -2.44. The topological polar surface area (TPSA) is 113 Å². The fourth-order valence-corrected chi connectivity index (χ4v) is 4.51. The Morgan fingerprint density at radius 2 is 1.80 bits per heavy atom. The molecule has 1 unspecified atom stereocenters. The molecule has 25 heavy (non-hydrogen) atoms. The second kappa shape index (κ2) is 7.77. The maximum absolute atomic E-state index is 12.3. The molecule has 0 radical (unpaired) electrons. The van der Waals surface area contributed by atoms with Crippen molar-refractivity contribution < 1.29 is 23.1 Å². The number of benzene rings is 1. The lowest BCUT2D eigenvalue weighted by Gasteiger charge is -2.17. The molecule has 1 aromatic carbocycles. The SMILES string of the molecule is CC(C)C(NS(=O)(=O)c1csc(C(=O)Nc2ccccc2)c1)C(=O)O. The second-order valence-electron chi connectivity index (χ2n) is 5.65. The van der Waals surface area contributed by atoms with Crippen molar-refractivity contribution in [1.82, 2.24) is 4.72 Å². The summed E-state index contributed by atoms with van der Waals surface area (Å²) in [6.07, 6.45) is 0. The van der Waals surface area contributed by atoms with E-state index in [0.717, 1.165) is 11.3 Å². The van der Waals surface area contributed by atoms with Gasteiger partial charge in [-0.2, -0.15) is 4.72 Å². The number of aliphatic carboxylic acids is 1. The van der Waals surface area contributed by atoms with Gasteiger partial charge in [0.2, 0.25) is 10.0 Å². The third-order valence-electron chi connectivity index (χ3n) is 3.36. The van der Waals surface area contributed by atoms with Crippen molar-refractivity contribution in [2.75, 3.05) is 5.32 Å². The molecule has 1 atom stereocenters. The van der Waals surface area contributed by atoms with Gasteiger partial charge in [0, 0.05) is 11.1 Å². The highest BCUT2D eigenvalue weighted by Gasteiger charge is 2.29. The zero-order valence-electron chi connectivity index (χ0n) is 13.6. The molecule has 0 spiro atoms. The lowest BCUT2D eigenvalue weighted by molar-refractivity contribution is -0.140. The van der Waals surface area contributed by atoms with E-state index < -0.39 is 33.9 Å². The van der Waals surface area contributed by atoms with Crippen molar-refractivity contribution in [3.8, 4) is 0 Å². The minimum absolute atomic E-state index is 0.136. The van der Waals surface area contributed by atoms with E-state index in [1.165, 1.54) is 11.4 Å². The molecule has 7 nitrogen and oxygen atoms in total. The zero-order valence-corrected chi connectivity index (χ0v) is 15.2. The van der Waals surface area contributed by atoms with Crippen LogP contribution in [0.15, 0.2) is 46.7 Å². The molecule has 1 aromatic heterocycles. The number of hydrogen-bond donors (Lipinski definition) is 3. The first-order valence-corrected chi connectivity index (χ1v) is 9.77. The number of thiophene rings is 1. The molecule has 0 saturated heterocycles. The number of amides is 1. The smallest absolute Gasteiger partial charge is 0.322 e. The van der Waals surface area contributed by atoms with Crippen LogP contribution in [-0.4, -0.2) is 31.4 Å². The van der Waals surface area contributed by atoms with E-state index in [4.69, 9.17) is 5.11 Å². The number of rotatable bonds is 7. The highest BCUT2D eigenvalue weighted by Crippen LogP contribution is 2.21. The number of carbonyl (C=O) groups excluding carboxylic acids is 1. The first-order chi connectivity index (χ1) is 11.7. The number of hydrogen-bond acceptors (Lipinski definition) is 5. The van der Waals surface area contributed by atoms with Gasteiger partial charge in [0.25, 0.3) is 5.91 Å². The molecule has 0 bridgehead atoms. The molecule has 1 heterocycles. The van der Waals surface area contributed by atoms with Crippen LogP contribution < -0.4 is 10.0 Å². The number of sulfonamides is 1. The minimum atomic E-state index is -4.04. The van der Waals surface area contributed by atoms with Gasteiger partial charge in [-0.25, -0.2) is 8.42 Å². The predicted molar refractivity (Wildman–Crippen MR) is 95.3 cm³/mol. The van der Waals surface area contributed by atoms with Crippen molar-refractivity contribution in [1.29, 1.82) is 0 Å². The van der Waals surface area contributed by atoms with Gasteiger partial charge in [-0.15, -0.1) is 11.3 Å². The number of nitrogens with one attached hydrogen (secondary N) is 2. The van der Waals surface area contributed by atoms with E-state index in [-0.39, 0.29) is 9.77 Å². The van der Waals surface area contributed by atoms with Crippen LogP contribution >= 0.6 is 11.3 Å². The van der Waals surface area contributed by atoms with Gasteiger partial charge in [-0.05, 0) is 24.1 Å². The molecular weight excluding hydrogens is 364 g/mol. The van der Waals surface area contributed by atoms with Crippen LogP contribution in [0.2, 0.25) is 0 Å². The van der Waals surface area contributed by atoms with Crippen LogP contribution in [-0.2, 0) is 14.8 Å². The number of carboxylic acid groups (broad SMARTS) is 1. The van der Waals surface area contributed by atoms with Crippen molar-refractivity contribution in [2.45, 2.75) is 24.8 Å². The first kappa shape index (κ1) is 19.1. The standard InChI is InChI=1S/C16H18N2O5S2/c1-10(2)14(16(20)21)18-25(22,23)12-8-13(24-9-12)15(19)17-11-6-4-3-5-7-11/h3-10,14,18H,1-2H3,(H,17,19)(H,20,21). The average Bonchev–Trinajstić information content (AvgIpc) is 3.04. The quantitative estimate of drug-likeness (QED) is 0.681. The van der Waals surface area contributed by atoms with E-state index in [1.807, 2.05) is 6.07 Å². The maximum Gasteiger partial charge on any atom is 0.322 e. The molecule has 0 aliphatic heterocycles. The van der Waals surface area contributed by atoms with Crippen LogP contribution in [0.25, 0.3) is 0 Å². The molecule has 0 fully saturated rings. The van der Waals surface area contributed by atoms with E-state index in [9.17, 15) is 18.0 Å². The van der Waals surface area contributed by atoms with Gasteiger partial charge in [-0.1, -0.05) is 32.0 Å². The van der Waals surface area contributed by atoms with Crippen LogP contribution in [0, 0.1) is 5.92 Å². The summed E-state index contributed by atoms with van der Waals surface area (Å²) in [4.78, 5) is 23.4. The Labute approximate surface area is 149 Å². The lowest BCUT2D eigenvalue weighted by atomic mass is 10.1. The van der Waals surface area contributed by atoms with Crippen molar-refractivity contribution in [3.63, 3.8) is 0 Å². The van der Waals surface area contributed by atoms with E-state index >= 15 is 0 Å². The Morgan fingerprint density at radius 3 is 2.36 bits per heavy atom. The van der Waals surface area contributed by atoms with E-state index in [2.05, 4.69) is 10.0 Å². The monoisotopic (exact) mass is 382 g/mol. The summed E-state index contributed by atoms with van der Waals surface area (Å²) in [6, 6.07) is 8.75. The van der Waals surface area contributed by atoms with Gasteiger partial charge >= 0.3 is 5.97 Å². The Balaban J connectivity index is 2.16. The van der Waals surface area contributed by atoms with Gasteiger partial charge in [0.1, 0.15) is 6.04 Å². The zero-order chi connectivity index (χ0) is 18.6. The molecule has 0 saturated carbocycles. The third kappa shape index (κ3) is 4.88. The Bertz CT molecular complexity index is 860. The van der Waals surface area contributed by atoms with Crippen LogP contribution in [0.5, 0.6) is 0 Å². The second-order valence-corrected chi connectivity index (χ2v) is 8.27. The summed E-state index contributed by atoms with van der Waals surface area (Å²) in [7, 11) is -4.04. The van der Waals surface area contributed by atoms with Gasteiger partial charge in [0.05, 0.1) is 9.77 Å². The van der Waals surface area contributed by atoms with Crippen LogP contribution in [0.4, 0.5) is 5.69 Å². The average molecular weight is 382 g/mol. The fraction of sp³-hybridized carbons (Fsp3) is 0.250. The summed E-state index contributed by atoms with van der Waals surface area (Å²) < 4.78 is 26.9. The van der Waals surface area contributed by atoms with Crippen LogP contribution in [0.1, 0.15) is 23.5 Å². The van der Waals surface area contributed by atoms with Crippen molar-refractivity contribution >= 4 is 38.9 Å². The van der Waals surface area contributed by atoms with Gasteiger partial charge < -0.3 is 10.4 Å². The normalized spacial score (nSPS) is 12.8. The maximum atomic E-state index is 12.3. The van der Waals surface area contributed by atoms with Crippen LogP contribution in [0.3, 0.4) is 0 Å². The molecule has 2 aromatic rings. The Kier molecular flexibility index (Phi) is 5.93. The molecule has 1 amide bonds. The molecule has 134 valence electrons. The van der Waals surface area contributed by atoms with Gasteiger partial charge in [0.15, 0.2) is 0 Å². The highest BCUT2D eigenvalue weighted by atomic mass is 32.2. The van der Waals surface area contributed by atoms with E-state index in [1.54, 1.807) is 38.1 Å². The number of carbonyl (C=O) groups is 2. The summed E-state index contributed by atoms with van der Waals surface area (Å²) in [5.41, 5.74) is 0.592. The summed E-state index contributed by atoms with van der Waals surface area (Å²) in [5.74, 6) is -2.11. The highest BCUT2D eigenvalue weighted by molar-refractivity contribution is 7.89. The fourth-order valence-electron chi connectivity index (χ4n) is 2.00. The molecule has 2 rings (SSSR count). The predicted octanol–water partition coefficient (Wildman–Crippen LogP) is 2.39. The molecule has 3 N–H and O–H groups in total. The molecule has 9 heteroatoms. The minimum Gasteiger partial charge on any atom is -0.480 e. The number of carboxylic acids is 1. The number of anilines is 1. The molecule has 0 aliphatic rings. The third-order valence-corrected chi connectivity index (χ3v) is 5.85. The summed E-state index contributed by atoms with van der Waals surface area (Å²) in [6.45, 7) is 3.21. The molecular formula is C16H18N2O5S2. The van der Waals surface area contributed by atoms with Gasteiger partial charge in [-0.3, -0.25) is 9.59 Å². The first-order valence-electron chi connectivity index (χ1n) is 7.41. The van der Waals surface area contributed by atoms with E-state index in [0.29, 0.717) is 5.69 Å². The largest absolute Gasteiger partial charge is 0.480 e. The van der Waals surface area contributed by atoms with Crippen molar-refractivity contribution in [2.24, 2.45) is 5.92 Å². The Hall–Kier alpha value is -2.23. The number of para-hydroxylation sites is 1. The molecule has 0 aliphatic carbocycles. The van der Waals surface area contributed by atoms with Crippen molar-refractivity contribution in [3.05, 3.63) is 46.7 Å².